The number of hydrogen-bond donors (Lipinski definition) is 2. The molecule has 0 spiro atoms. The lowest BCUT2D eigenvalue weighted by Gasteiger charge is -2.10. The molecule has 1 fully saturated rings. The van der Waals surface area contributed by atoms with Crippen molar-refractivity contribution in [2.24, 2.45) is 11.7 Å². The predicted molar refractivity (Wildman–Crippen MR) is 93.9 cm³/mol. The van der Waals surface area contributed by atoms with Crippen LogP contribution in [0.5, 0.6) is 0 Å². The van der Waals surface area contributed by atoms with E-state index in [1.165, 1.54) is 24.6 Å². The monoisotopic (exact) mass is 308 g/mol. The van der Waals surface area contributed by atoms with Crippen LogP contribution < -0.4 is 5.73 Å². The van der Waals surface area contributed by atoms with Gasteiger partial charge >= 0.3 is 0 Å². The number of aryl methyl sites for hydroxylation is 1. The van der Waals surface area contributed by atoms with Crippen molar-refractivity contribution < 1.29 is 0 Å². The van der Waals surface area contributed by atoms with E-state index in [1.807, 2.05) is 18.5 Å². The van der Waals surface area contributed by atoms with E-state index in [1.54, 1.807) is 0 Å². The van der Waals surface area contributed by atoms with Gasteiger partial charge < -0.3 is 11.1 Å². The molecule has 1 unspecified atom stereocenters. The number of hydrogen-bond acceptors (Lipinski definition) is 4. The molecule has 2 aromatic rings. The highest BCUT2D eigenvalue weighted by Gasteiger charge is 2.27. The summed E-state index contributed by atoms with van der Waals surface area (Å²) in [6.45, 7) is 2.89. The molecule has 0 radical (unpaired) electrons. The second-order valence-corrected chi connectivity index (χ2v) is 6.56. The first-order valence-electron chi connectivity index (χ1n) is 8.37. The van der Waals surface area contributed by atoms with Gasteiger partial charge in [0.15, 0.2) is 5.82 Å². The Balaban J connectivity index is 1.80. The third kappa shape index (κ3) is 3.82. The van der Waals surface area contributed by atoms with E-state index < -0.39 is 0 Å². The Morgan fingerprint density at radius 2 is 2.04 bits per heavy atom. The number of nitrogens with one attached hydrogen (secondary N) is 1. The Morgan fingerprint density at radius 1 is 1.30 bits per heavy atom. The summed E-state index contributed by atoms with van der Waals surface area (Å²) >= 11 is 0. The molecular weight excluding hydrogens is 284 g/mol. The van der Waals surface area contributed by atoms with Crippen molar-refractivity contribution in [3.8, 4) is 11.4 Å². The van der Waals surface area contributed by atoms with Crippen LogP contribution in [0.2, 0.25) is 0 Å². The minimum Gasteiger partial charge on any atom is -0.330 e. The van der Waals surface area contributed by atoms with Gasteiger partial charge in [-0.05, 0) is 66.8 Å². The van der Waals surface area contributed by atoms with Gasteiger partial charge in [0.1, 0.15) is 0 Å². The molecule has 4 heteroatoms. The van der Waals surface area contributed by atoms with Crippen LogP contribution in [0, 0.1) is 11.3 Å². The maximum absolute atomic E-state index is 7.44. The van der Waals surface area contributed by atoms with Crippen molar-refractivity contribution in [1.29, 1.82) is 5.41 Å². The van der Waals surface area contributed by atoms with Crippen molar-refractivity contribution in [3.63, 3.8) is 0 Å². The van der Waals surface area contributed by atoms with E-state index in [0.717, 1.165) is 41.9 Å². The third-order valence-electron chi connectivity index (χ3n) is 4.53. The van der Waals surface area contributed by atoms with Crippen molar-refractivity contribution in [2.75, 3.05) is 6.54 Å². The van der Waals surface area contributed by atoms with Gasteiger partial charge in [0, 0.05) is 24.2 Å². The maximum Gasteiger partial charge on any atom is 0.159 e. The maximum atomic E-state index is 7.44. The highest BCUT2D eigenvalue weighted by Crippen LogP contribution is 2.44. The Kier molecular flexibility index (Phi) is 4.82. The summed E-state index contributed by atoms with van der Waals surface area (Å²) < 4.78 is 0. The van der Waals surface area contributed by atoms with Gasteiger partial charge in [0.2, 0.25) is 0 Å². The summed E-state index contributed by atoms with van der Waals surface area (Å²) in [7, 11) is 0. The molecule has 120 valence electrons. The van der Waals surface area contributed by atoms with Crippen LogP contribution in [0.1, 0.15) is 48.8 Å². The molecule has 3 N–H and O–H groups in total. The van der Waals surface area contributed by atoms with Crippen LogP contribution in [0.3, 0.4) is 0 Å². The van der Waals surface area contributed by atoms with E-state index in [9.17, 15) is 0 Å². The van der Waals surface area contributed by atoms with E-state index >= 15 is 0 Å². The molecule has 0 amide bonds. The molecule has 23 heavy (non-hydrogen) atoms. The summed E-state index contributed by atoms with van der Waals surface area (Å²) in [6.07, 6.45) is 9.77. The quantitative estimate of drug-likeness (QED) is 0.768. The van der Waals surface area contributed by atoms with Crippen LogP contribution in [-0.2, 0) is 6.42 Å². The summed E-state index contributed by atoms with van der Waals surface area (Å²) in [5.41, 5.74) is 10.2. The van der Waals surface area contributed by atoms with Crippen LogP contribution in [0.4, 0.5) is 0 Å². The zero-order chi connectivity index (χ0) is 16.2. The molecular formula is C19H24N4. The average molecular weight is 308 g/mol. The van der Waals surface area contributed by atoms with Gasteiger partial charge in [0.05, 0.1) is 0 Å². The highest BCUT2D eigenvalue weighted by atomic mass is 14.9. The molecule has 3 rings (SSSR count). The zero-order valence-corrected chi connectivity index (χ0v) is 13.6. The minimum absolute atomic E-state index is 0.532. The average Bonchev–Trinajstić information content (AvgIpc) is 3.44. The molecule has 0 saturated heterocycles. The first-order valence-corrected chi connectivity index (χ1v) is 8.37. The molecule has 1 heterocycles. The van der Waals surface area contributed by atoms with Gasteiger partial charge in [-0.15, -0.1) is 0 Å². The fraction of sp³-hybridized carbons (Fsp3) is 0.421. The van der Waals surface area contributed by atoms with E-state index in [-0.39, 0.29) is 0 Å². The highest BCUT2D eigenvalue weighted by molar-refractivity contribution is 5.79. The molecule has 0 bridgehead atoms. The largest absolute Gasteiger partial charge is 0.330 e. The van der Waals surface area contributed by atoms with E-state index in [4.69, 9.17) is 11.1 Å². The molecule has 1 aromatic heterocycles. The van der Waals surface area contributed by atoms with Crippen molar-refractivity contribution in [1.82, 2.24) is 9.97 Å². The van der Waals surface area contributed by atoms with E-state index in [0.29, 0.717) is 11.8 Å². The topological polar surface area (TPSA) is 75.7 Å². The Bertz CT molecular complexity index is 674. The number of rotatable bonds is 7. The first kappa shape index (κ1) is 15.8. The summed E-state index contributed by atoms with van der Waals surface area (Å²) in [6, 6.07) is 6.13. The second kappa shape index (κ2) is 7.01. The Labute approximate surface area is 137 Å². The first-order chi connectivity index (χ1) is 11.2. The molecule has 0 aliphatic heterocycles. The standard InChI is InChI=1S/C19H24N4/c1-13(9-20)2-3-15-11-22-19(23-12-15)17-7-4-14(10-21)8-18(17)16-5-6-16/h4,7-8,10-13,16,21H,2-3,5-6,9,20H2,1H3. The number of nitrogens with zero attached hydrogens (tertiary/aromatic N) is 2. The predicted octanol–water partition coefficient (Wildman–Crippen LogP) is 3.55. The molecule has 1 aromatic carbocycles. The fourth-order valence-corrected chi connectivity index (χ4v) is 2.76. The van der Waals surface area contributed by atoms with Crippen LogP contribution >= 0.6 is 0 Å². The number of nitrogens with two attached hydrogens (primary N) is 1. The van der Waals surface area contributed by atoms with E-state index in [2.05, 4.69) is 29.0 Å². The molecule has 1 aliphatic carbocycles. The smallest absolute Gasteiger partial charge is 0.159 e. The van der Waals surface area contributed by atoms with Gasteiger partial charge in [-0.2, -0.15) is 0 Å². The molecule has 4 nitrogen and oxygen atoms in total. The minimum atomic E-state index is 0.532. The van der Waals surface area contributed by atoms with Gasteiger partial charge in [-0.25, -0.2) is 9.97 Å². The Hall–Kier alpha value is -2.07. The SMILES string of the molecule is CC(CN)CCc1cnc(-c2ccc(C=N)cc2C2CC2)nc1. The van der Waals surface area contributed by atoms with Gasteiger partial charge in [0.25, 0.3) is 0 Å². The van der Waals surface area contributed by atoms with Crippen molar-refractivity contribution in [2.45, 2.75) is 38.5 Å². The zero-order valence-electron chi connectivity index (χ0n) is 13.6. The van der Waals surface area contributed by atoms with Crippen LogP contribution in [0.25, 0.3) is 11.4 Å². The lowest BCUT2D eigenvalue weighted by atomic mass is 9.99. The molecule has 1 atom stereocenters. The van der Waals surface area contributed by atoms with Crippen molar-refractivity contribution >= 4 is 6.21 Å². The second-order valence-electron chi connectivity index (χ2n) is 6.56. The van der Waals surface area contributed by atoms with Crippen LogP contribution in [-0.4, -0.2) is 22.7 Å². The summed E-state index contributed by atoms with van der Waals surface area (Å²) in [5, 5.41) is 7.44. The summed E-state index contributed by atoms with van der Waals surface area (Å²) in [5.74, 6) is 1.93. The Morgan fingerprint density at radius 3 is 2.65 bits per heavy atom. The van der Waals surface area contributed by atoms with Gasteiger partial charge in [-0.3, -0.25) is 0 Å². The fourth-order valence-electron chi connectivity index (χ4n) is 2.76. The van der Waals surface area contributed by atoms with Gasteiger partial charge in [-0.1, -0.05) is 19.1 Å². The molecule has 1 saturated carbocycles. The number of aromatic nitrogens is 2. The van der Waals surface area contributed by atoms with Crippen molar-refractivity contribution in [3.05, 3.63) is 47.3 Å². The molecule has 1 aliphatic rings. The number of benzene rings is 1. The lowest BCUT2D eigenvalue weighted by molar-refractivity contribution is 0.544. The lowest BCUT2D eigenvalue weighted by Crippen LogP contribution is -2.11. The normalized spacial score (nSPS) is 15.4. The third-order valence-corrected chi connectivity index (χ3v) is 4.53. The summed E-state index contributed by atoms with van der Waals surface area (Å²) in [4.78, 5) is 9.16. The van der Waals surface area contributed by atoms with Crippen LogP contribution in [0.15, 0.2) is 30.6 Å².